The number of alkyl halides is 3. The van der Waals surface area contributed by atoms with Crippen molar-refractivity contribution in [3.05, 3.63) is 63.6 Å². The van der Waals surface area contributed by atoms with E-state index in [1.807, 2.05) is 0 Å². The van der Waals surface area contributed by atoms with Gasteiger partial charge in [0.25, 0.3) is 0 Å². The van der Waals surface area contributed by atoms with Crippen LogP contribution in [-0.4, -0.2) is 18.8 Å². The summed E-state index contributed by atoms with van der Waals surface area (Å²) in [6.07, 6.45) is 0. The molecule has 0 spiro atoms. The van der Waals surface area contributed by atoms with Crippen LogP contribution >= 0.6 is 62.3 Å². The van der Waals surface area contributed by atoms with Gasteiger partial charge in [0, 0.05) is 9.50 Å². The lowest BCUT2D eigenvalue weighted by atomic mass is 9.94. The van der Waals surface area contributed by atoms with Crippen LogP contribution in [0.5, 0.6) is 0 Å². The van der Waals surface area contributed by atoms with Crippen molar-refractivity contribution in [2.75, 3.05) is 10.9 Å². The van der Waals surface area contributed by atoms with E-state index in [0.29, 0.717) is 16.3 Å². The molecule has 10 heteroatoms. The zero-order valence-electron chi connectivity index (χ0n) is 14.3. The second-order valence-electron chi connectivity index (χ2n) is 6.14. The van der Waals surface area contributed by atoms with Crippen molar-refractivity contribution in [1.82, 2.24) is 0 Å². The number of benzene rings is 2. The molecule has 0 aliphatic heterocycles. The van der Waals surface area contributed by atoms with Crippen LogP contribution in [0, 0.1) is 0 Å². The predicted molar refractivity (Wildman–Crippen MR) is 116 cm³/mol. The molecule has 0 saturated carbocycles. The Morgan fingerprint density at radius 2 is 1.52 bits per heavy atom. The van der Waals surface area contributed by atoms with Crippen LogP contribution in [0.4, 0.5) is 5.69 Å². The van der Waals surface area contributed by atoms with E-state index in [9.17, 15) is 8.42 Å². The minimum atomic E-state index is -4.31. The molecule has 4 nitrogen and oxygen atoms in total. The molecule has 148 valence electrons. The Labute approximate surface area is 187 Å². The molecule has 0 aromatic heterocycles. The number of halogens is 5. The van der Waals surface area contributed by atoms with Gasteiger partial charge in [-0.2, -0.15) is 8.42 Å². The molecule has 2 aromatic carbocycles. The second-order valence-corrected chi connectivity index (χ2v) is 11.5. The maximum absolute atomic E-state index is 13.0. The van der Waals surface area contributed by atoms with E-state index >= 15 is 0 Å². The molecule has 0 saturated heterocycles. The molecule has 0 radical (unpaired) electrons. The van der Waals surface area contributed by atoms with Gasteiger partial charge in [0.2, 0.25) is 3.79 Å². The fourth-order valence-electron chi connectivity index (χ4n) is 2.48. The van der Waals surface area contributed by atoms with Crippen LogP contribution in [0.25, 0.3) is 0 Å². The molecule has 0 unspecified atom stereocenters. The average Bonchev–Trinajstić information content (AvgIpc) is 2.55. The molecular weight excluding hydrogens is 520 g/mol. The Balaban J connectivity index is 2.55. The Kier molecular flexibility index (Phi) is 7.40. The lowest BCUT2D eigenvalue weighted by Crippen LogP contribution is -2.47. The normalized spacial score (nSPS) is 12.9. The monoisotopic (exact) mass is 533 g/mol. The highest BCUT2D eigenvalue weighted by Crippen LogP contribution is 2.37. The minimum absolute atomic E-state index is 0.391. The summed E-state index contributed by atoms with van der Waals surface area (Å²) in [6.45, 7) is 2.87. The summed E-state index contributed by atoms with van der Waals surface area (Å²) in [5.74, 6) is 0. The third-order valence-corrected chi connectivity index (χ3v) is 6.35. The summed E-state index contributed by atoms with van der Waals surface area (Å²) in [7, 11) is -4.31. The maximum Gasteiger partial charge on any atom is 0.363 e. The van der Waals surface area contributed by atoms with Gasteiger partial charge in [0.15, 0.2) is 0 Å². The van der Waals surface area contributed by atoms with E-state index in [0.717, 1.165) is 8.78 Å². The topological polar surface area (TPSA) is 46.6 Å². The highest BCUT2D eigenvalue weighted by Gasteiger charge is 2.40. The van der Waals surface area contributed by atoms with Gasteiger partial charge in [0.05, 0.1) is 11.2 Å². The van der Waals surface area contributed by atoms with Crippen molar-refractivity contribution in [2.24, 2.45) is 0 Å². The van der Waals surface area contributed by atoms with Gasteiger partial charge in [-0.1, -0.05) is 74.5 Å². The third-order valence-electron chi connectivity index (χ3n) is 3.71. The summed E-state index contributed by atoms with van der Waals surface area (Å²) < 4.78 is 31.2. The molecule has 27 heavy (non-hydrogen) atoms. The number of nitrogens with zero attached hydrogens (tertiary/aromatic N) is 1. The molecule has 0 amide bonds. The molecule has 0 heterocycles. The Morgan fingerprint density at radius 1 is 1.00 bits per heavy atom. The lowest BCUT2D eigenvalue weighted by molar-refractivity contribution is 0.315. The van der Waals surface area contributed by atoms with Crippen molar-refractivity contribution in [1.29, 1.82) is 0 Å². The molecule has 0 N–H and O–H groups in total. The highest BCUT2D eigenvalue weighted by atomic mass is 79.9. The van der Waals surface area contributed by atoms with E-state index in [1.165, 1.54) is 0 Å². The van der Waals surface area contributed by atoms with Gasteiger partial charge in [-0.15, -0.1) is 0 Å². The zero-order valence-corrected chi connectivity index (χ0v) is 19.7. The molecule has 0 aliphatic rings. The molecule has 0 atom stereocenters. The lowest BCUT2D eigenvalue weighted by Gasteiger charge is -2.39. The van der Waals surface area contributed by atoms with Crippen molar-refractivity contribution in [3.8, 4) is 0 Å². The van der Waals surface area contributed by atoms with Crippen molar-refractivity contribution >= 4 is 78.3 Å². The van der Waals surface area contributed by atoms with E-state index in [-0.39, 0.29) is 0 Å². The number of anilines is 1. The Morgan fingerprint density at radius 3 is 2.00 bits per heavy atom. The van der Waals surface area contributed by atoms with Crippen LogP contribution < -0.4 is 4.31 Å². The zero-order chi connectivity index (χ0) is 20.5. The fraction of sp³-hybridized carbons (Fsp3) is 0.294. The van der Waals surface area contributed by atoms with Gasteiger partial charge in [-0.3, -0.25) is 0 Å². The first-order valence-electron chi connectivity index (χ1n) is 7.61. The summed E-state index contributed by atoms with van der Waals surface area (Å²) in [5, 5.41) is 0.542. The van der Waals surface area contributed by atoms with Gasteiger partial charge >= 0.3 is 10.3 Å². The Hall–Kier alpha value is -0.210. The first kappa shape index (κ1) is 23.1. The molecular formula is C17H16BrCl4NO3S. The molecule has 0 fully saturated rings. The van der Waals surface area contributed by atoms with Crippen LogP contribution in [0.1, 0.15) is 19.4 Å². The van der Waals surface area contributed by atoms with E-state index in [4.69, 9.17) is 50.6 Å². The first-order chi connectivity index (χ1) is 12.3. The quantitative estimate of drug-likeness (QED) is 0.398. The van der Waals surface area contributed by atoms with Crippen molar-refractivity contribution in [3.63, 3.8) is 0 Å². The minimum Gasteiger partial charge on any atom is -0.249 e. The molecule has 0 bridgehead atoms. The molecule has 0 aliphatic carbocycles. The van der Waals surface area contributed by atoms with Crippen LogP contribution in [-0.2, 0) is 20.0 Å². The smallest absolute Gasteiger partial charge is 0.249 e. The van der Waals surface area contributed by atoms with Gasteiger partial charge in [0.1, 0.15) is 6.61 Å². The Bertz CT molecular complexity index is 882. The summed E-state index contributed by atoms with van der Waals surface area (Å²) in [6, 6.07) is 13.6. The summed E-state index contributed by atoms with van der Waals surface area (Å²) in [4.78, 5) is 0. The molecule has 2 rings (SSSR count). The van der Waals surface area contributed by atoms with Crippen LogP contribution in [0.2, 0.25) is 5.02 Å². The van der Waals surface area contributed by atoms with Gasteiger partial charge in [-0.05, 0) is 55.8 Å². The first-order valence-corrected chi connectivity index (χ1v) is 11.3. The second kappa shape index (κ2) is 8.66. The third kappa shape index (κ3) is 6.13. The van der Waals surface area contributed by atoms with Crippen molar-refractivity contribution in [2.45, 2.75) is 23.2 Å². The average molecular weight is 536 g/mol. The largest absolute Gasteiger partial charge is 0.363 e. The maximum atomic E-state index is 13.0. The van der Waals surface area contributed by atoms with E-state index in [1.54, 1.807) is 62.4 Å². The highest BCUT2D eigenvalue weighted by molar-refractivity contribution is 9.10. The standard InChI is InChI=1S/C17H16BrCl4NO3S/c1-16(2,12-3-7-14(19)8-4-12)23(15-9-5-13(18)6-10-15)27(24,25)26-11-17(20,21)22/h3-10H,11H2,1-2H3. The van der Waals surface area contributed by atoms with E-state index < -0.39 is 26.2 Å². The number of hydrogen-bond donors (Lipinski definition) is 0. The summed E-state index contributed by atoms with van der Waals surface area (Å²) >= 11 is 26.3. The number of rotatable bonds is 6. The summed E-state index contributed by atoms with van der Waals surface area (Å²) in [5.41, 5.74) is 0.0727. The SMILES string of the molecule is CC(C)(c1ccc(Cl)cc1)N(c1ccc(Br)cc1)S(=O)(=O)OCC(Cl)(Cl)Cl. The molecule has 2 aromatic rings. The van der Waals surface area contributed by atoms with Crippen LogP contribution in [0.15, 0.2) is 53.0 Å². The number of hydrogen-bond acceptors (Lipinski definition) is 3. The van der Waals surface area contributed by atoms with Gasteiger partial charge < -0.3 is 0 Å². The fourth-order valence-corrected chi connectivity index (χ4v) is 4.70. The van der Waals surface area contributed by atoms with Gasteiger partial charge in [-0.25, -0.2) is 8.49 Å². The van der Waals surface area contributed by atoms with E-state index in [2.05, 4.69) is 15.9 Å². The predicted octanol–water partition coefficient (Wildman–Crippen LogP) is 6.48. The van der Waals surface area contributed by atoms with Crippen LogP contribution in [0.3, 0.4) is 0 Å². The van der Waals surface area contributed by atoms with Crippen molar-refractivity contribution < 1.29 is 12.6 Å².